The van der Waals surface area contributed by atoms with E-state index in [1.807, 2.05) is 6.92 Å². The van der Waals surface area contributed by atoms with Crippen molar-refractivity contribution in [1.29, 1.82) is 0 Å². The second-order valence-corrected chi connectivity index (χ2v) is 5.56. The zero-order valence-electron chi connectivity index (χ0n) is 13.3. The van der Waals surface area contributed by atoms with E-state index in [2.05, 4.69) is 6.92 Å². The summed E-state index contributed by atoms with van der Waals surface area (Å²) in [6.45, 7) is 4.07. The molecule has 0 aliphatic heterocycles. The number of carboxylic acids is 3. The minimum Gasteiger partial charge on any atom is -0.478 e. The van der Waals surface area contributed by atoms with Gasteiger partial charge in [0.05, 0.1) is 16.7 Å². The zero-order valence-corrected chi connectivity index (χ0v) is 13.3. The lowest BCUT2D eigenvalue weighted by atomic mass is 9.87. The lowest BCUT2D eigenvalue weighted by Crippen LogP contribution is -2.18. The lowest BCUT2D eigenvalue weighted by molar-refractivity contribution is 0.0632. The van der Waals surface area contributed by atoms with E-state index >= 15 is 0 Å². The van der Waals surface area contributed by atoms with Crippen molar-refractivity contribution in [2.45, 2.75) is 46.0 Å². The summed E-state index contributed by atoms with van der Waals surface area (Å²) in [6, 6.07) is 2.61. The minimum absolute atomic E-state index is 0.241. The van der Waals surface area contributed by atoms with Crippen molar-refractivity contribution in [3.8, 4) is 0 Å². The molecule has 0 heterocycles. The molecule has 0 aliphatic rings. The van der Waals surface area contributed by atoms with E-state index in [1.165, 1.54) is 12.1 Å². The van der Waals surface area contributed by atoms with Gasteiger partial charge in [0.2, 0.25) is 0 Å². The molecule has 23 heavy (non-hydrogen) atoms. The predicted octanol–water partition coefficient (Wildman–Crippen LogP) is 3.54. The maximum atomic E-state index is 11.5. The molecule has 0 aromatic heterocycles. The largest absolute Gasteiger partial charge is 0.478 e. The molecule has 1 atom stereocenters. The molecule has 1 rings (SSSR count). The van der Waals surface area contributed by atoms with Crippen molar-refractivity contribution < 1.29 is 29.7 Å². The van der Waals surface area contributed by atoms with Crippen molar-refractivity contribution in [1.82, 2.24) is 0 Å². The first-order valence-corrected chi connectivity index (χ1v) is 7.69. The van der Waals surface area contributed by atoms with Gasteiger partial charge in [-0.1, -0.05) is 45.6 Å². The van der Waals surface area contributed by atoms with Gasteiger partial charge in [-0.15, -0.1) is 0 Å². The molecule has 126 valence electrons. The van der Waals surface area contributed by atoms with E-state index in [0.29, 0.717) is 12.0 Å². The van der Waals surface area contributed by atoms with Crippen LogP contribution in [0.4, 0.5) is 0 Å². The summed E-state index contributed by atoms with van der Waals surface area (Å²) in [4.78, 5) is 34.1. The zero-order chi connectivity index (χ0) is 17.6. The van der Waals surface area contributed by atoms with Crippen LogP contribution in [0.2, 0.25) is 0 Å². The van der Waals surface area contributed by atoms with Gasteiger partial charge in [0, 0.05) is 0 Å². The van der Waals surface area contributed by atoms with Gasteiger partial charge in [-0.3, -0.25) is 0 Å². The maximum absolute atomic E-state index is 11.5. The van der Waals surface area contributed by atoms with Crippen LogP contribution < -0.4 is 0 Å². The van der Waals surface area contributed by atoms with Crippen LogP contribution in [0.25, 0.3) is 0 Å². The van der Waals surface area contributed by atoms with E-state index in [1.54, 1.807) is 0 Å². The first-order chi connectivity index (χ1) is 10.8. The molecule has 6 heteroatoms. The second-order valence-electron chi connectivity index (χ2n) is 5.56. The Morgan fingerprint density at radius 1 is 0.957 bits per heavy atom. The van der Waals surface area contributed by atoms with E-state index in [9.17, 15) is 24.6 Å². The van der Waals surface area contributed by atoms with Gasteiger partial charge in [0.1, 0.15) is 0 Å². The fourth-order valence-corrected chi connectivity index (χ4v) is 2.71. The smallest absolute Gasteiger partial charge is 0.337 e. The van der Waals surface area contributed by atoms with Gasteiger partial charge in [-0.25, -0.2) is 14.4 Å². The Hall–Kier alpha value is -2.37. The Kier molecular flexibility index (Phi) is 6.75. The van der Waals surface area contributed by atoms with Crippen molar-refractivity contribution in [3.05, 3.63) is 34.4 Å². The highest BCUT2D eigenvalue weighted by molar-refractivity contribution is 6.09. The monoisotopic (exact) mass is 322 g/mol. The molecule has 1 aromatic carbocycles. The van der Waals surface area contributed by atoms with Crippen molar-refractivity contribution >= 4 is 17.9 Å². The Bertz CT molecular complexity index is 605. The van der Waals surface area contributed by atoms with Crippen LogP contribution in [0.15, 0.2) is 12.1 Å². The fourth-order valence-electron chi connectivity index (χ4n) is 2.71. The summed E-state index contributed by atoms with van der Waals surface area (Å²) in [7, 11) is 0. The van der Waals surface area contributed by atoms with Crippen molar-refractivity contribution in [2.75, 3.05) is 0 Å². The summed E-state index contributed by atoms with van der Waals surface area (Å²) in [5.41, 5.74) is -1.18. The molecule has 0 radical (unpaired) electrons. The van der Waals surface area contributed by atoms with Gasteiger partial charge in [0.15, 0.2) is 0 Å². The van der Waals surface area contributed by atoms with Gasteiger partial charge in [0.25, 0.3) is 0 Å². The molecule has 6 nitrogen and oxygen atoms in total. The first kappa shape index (κ1) is 18.7. The number of carboxylic acid groups (broad SMARTS) is 3. The molecule has 3 N–H and O–H groups in total. The van der Waals surface area contributed by atoms with Crippen molar-refractivity contribution in [3.63, 3.8) is 0 Å². The summed E-state index contributed by atoms with van der Waals surface area (Å²) in [5, 5.41) is 27.8. The number of rotatable bonds is 9. The molecule has 1 unspecified atom stereocenters. The molecular formula is C17H22O6. The minimum atomic E-state index is -1.54. The molecule has 0 amide bonds. The molecule has 0 aliphatic carbocycles. The van der Waals surface area contributed by atoms with E-state index in [4.69, 9.17) is 5.11 Å². The van der Waals surface area contributed by atoms with Crippen LogP contribution in [0.1, 0.15) is 76.2 Å². The van der Waals surface area contributed by atoms with Crippen LogP contribution in [0.5, 0.6) is 0 Å². The third-order valence-corrected chi connectivity index (χ3v) is 4.00. The van der Waals surface area contributed by atoms with E-state index in [0.717, 1.165) is 25.7 Å². The Morgan fingerprint density at radius 2 is 1.57 bits per heavy atom. The van der Waals surface area contributed by atoms with E-state index < -0.39 is 34.6 Å². The van der Waals surface area contributed by atoms with Crippen LogP contribution >= 0.6 is 0 Å². The normalized spacial score (nSPS) is 11.9. The highest BCUT2D eigenvalue weighted by Gasteiger charge is 2.27. The van der Waals surface area contributed by atoms with Gasteiger partial charge in [-0.05, 0) is 24.0 Å². The van der Waals surface area contributed by atoms with E-state index in [-0.39, 0.29) is 5.92 Å². The molecule has 1 aromatic rings. The third kappa shape index (κ3) is 4.55. The highest BCUT2D eigenvalue weighted by Crippen LogP contribution is 2.26. The predicted molar refractivity (Wildman–Crippen MR) is 84.3 cm³/mol. The van der Waals surface area contributed by atoms with Gasteiger partial charge >= 0.3 is 17.9 Å². The fraction of sp³-hybridized carbons (Fsp3) is 0.471. The maximum Gasteiger partial charge on any atom is 0.337 e. The SMILES string of the molecule is CCCCC(CC)Cc1ccc(C(=O)O)c(C(=O)O)c1C(=O)O. The van der Waals surface area contributed by atoms with Gasteiger partial charge < -0.3 is 15.3 Å². The van der Waals surface area contributed by atoms with Crippen LogP contribution in [0.3, 0.4) is 0 Å². The third-order valence-electron chi connectivity index (χ3n) is 4.00. The standard InChI is InChI=1S/C17H22O6/c1-3-5-6-10(4-2)9-11-7-8-12(15(18)19)14(17(22)23)13(11)16(20)21/h7-8,10H,3-6,9H2,1-2H3,(H,18,19)(H,20,21)(H,22,23). The van der Waals surface area contributed by atoms with Crippen molar-refractivity contribution in [2.24, 2.45) is 5.92 Å². The summed E-state index contributed by atoms with van der Waals surface area (Å²) >= 11 is 0. The molecule has 0 saturated heterocycles. The summed E-state index contributed by atoms with van der Waals surface area (Å²) in [6.07, 6.45) is 4.25. The second kappa shape index (κ2) is 8.31. The quantitative estimate of drug-likeness (QED) is 0.641. The number of aromatic carboxylic acids is 3. The average molecular weight is 322 g/mol. The number of hydrogen-bond donors (Lipinski definition) is 3. The molecular weight excluding hydrogens is 300 g/mol. The Morgan fingerprint density at radius 3 is 2.00 bits per heavy atom. The average Bonchev–Trinajstić information content (AvgIpc) is 2.49. The molecule has 0 fully saturated rings. The summed E-state index contributed by atoms with van der Waals surface area (Å²) in [5.74, 6) is -4.16. The van der Waals surface area contributed by atoms with Crippen LogP contribution in [0, 0.1) is 5.92 Å². The molecule has 0 saturated carbocycles. The van der Waals surface area contributed by atoms with Crippen LogP contribution in [-0.4, -0.2) is 33.2 Å². The topological polar surface area (TPSA) is 112 Å². The molecule has 0 bridgehead atoms. The number of hydrogen-bond acceptors (Lipinski definition) is 3. The highest BCUT2D eigenvalue weighted by atomic mass is 16.4. The first-order valence-electron chi connectivity index (χ1n) is 7.69. The number of benzene rings is 1. The van der Waals surface area contributed by atoms with Crippen LogP contribution in [-0.2, 0) is 6.42 Å². The lowest BCUT2D eigenvalue weighted by Gasteiger charge is -2.17. The Balaban J connectivity index is 3.38. The number of unbranched alkanes of at least 4 members (excludes halogenated alkanes) is 1. The Labute approximate surface area is 134 Å². The summed E-state index contributed by atoms with van der Waals surface area (Å²) < 4.78 is 0. The molecule has 0 spiro atoms. The van der Waals surface area contributed by atoms with Gasteiger partial charge in [-0.2, -0.15) is 0 Å². The number of carbonyl (C=O) groups is 3.